The van der Waals surface area contributed by atoms with E-state index in [2.05, 4.69) is 32.3 Å². The summed E-state index contributed by atoms with van der Waals surface area (Å²) in [6.45, 7) is 4.21. The Labute approximate surface area is 196 Å². The minimum atomic E-state index is -0.402. The van der Waals surface area contributed by atoms with Gasteiger partial charge in [-0.15, -0.1) is 0 Å². The highest BCUT2D eigenvalue weighted by Crippen LogP contribution is 2.33. The number of carbonyl (C=O) groups excluding carboxylic acids is 2. The van der Waals surface area contributed by atoms with Crippen molar-refractivity contribution in [2.24, 2.45) is 4.99 Å². The summed E-state index contributed by atoms with van der Waals surface area (Å²) in [5, 5.41) is 2.90. The molecule has 3 amide bonds. The Balaban J connectivity index is 1.29. The number of nitrogens with zero attached hydrogens (tertiary/aromatic N) is 6. The van der Waals surface area contributed by atoms with Gasteiger partial charge in [0.15, 0.2) is 0 Å². The molecule has 34 heavy (non-hydrogen) atoms. The second kappa shape index (κ2) is 8.07. The van der Waals surface area contributed by atoms with Crippen LogP contribution in [-0.2, 0) is 4.74 Å². The lowest BCUT2D eigenvalue weighted by atomic mass is 10.0. The van der Waals surface area contributed by atoms with Gasteiger partial charge in [-0.2, -0.15) is 0 Å². The Kier molecular flexibility index (Phi) is 4.88. The highest BCUT2D eigenvalue weighted by atomic mass is 16.6. The van der Waals surface area contributed by atoms with E-state index in [0.717, 1.165) is 29.2 Å². The number of rotatable bonds is 3. The Morgan fingerprint density at radius 2 is 2.09 bits per heavy atom. The number of hydrogen-bond donors (Lipinski definition) is 1. The number of aryl methyl sites for hydroxylation is 1. The number of piperazine rings is 1. The third-order valence-electron chi connectivity index (χ3n) is 6.41. The molecular formula is C24H23N7O3. The molecule has 10 heteroatoms. The van der Waals surface area contributed by atoms with Crippen LogP contribution < -0.4 is 10.2 Å². The number of nitrogens with one attached hydrogen (secondary N) is 1. The van der Waals surface area contributed by atoms with E-state index in [0.29, 0.717) is 31.2 Å². The van der Waals surface area contributed by atoms with Crippen LogP contribution >= 0.6 is 0 Å². The molecule has 0 aliphatic carbocycles. The molecule has 10 nitrogen and oxygen atoms in total. The first-order valence-corrected chi connectivity index (χ1v) is 11.2. The molecule has 172 valence electrons. The van der Waals surface area contributed by atoms with Crippen LogP contribution in [-0.4, -0.2) is 76.1 Å². The molecule has 6 rings (SSSR count). The highest BCUT2D eigenvalue weighted by Gasteiger charge is 2.44. The second-order valence-electron chi connectivity index (χ2n) is 8.55. The molecule has 3 atom stereocenters. The molecule has 0 aromatic carbocycles. The van der Waals surface area contributed by atoms with Crippen molar-refractivity contribution < 1.29 is 14.3 Å². The molecular weight excluding hydrogens is 434 g/mol. The van der Waals surface area contributed by atoms with Gasteiger partial charge in [0.2, 0.25) is 0 Å². The zero-order chi connectivity index (χ0) is 23.2. The zero-order valence-electron chi connectivity index (χ0n) is 18.6. The quantitative estimate of drug-likeness (QED) is 0.760. The summed E-state index contributed by atoms with van der Waals surface area (Å²) >= 11 is 0. The third-order valence-corrected chi connectivity index (χ3v) is 6.41. The molecule has 0 saturated carbocycles. The smallest absolute Gasteiger partial charge is 0.414 e. The summed E-state index contributed by atoms with van der Waals surface area (Å²) in [4.78, 5) is 44.5. The number of hydrogen-bond acceptors (Lipinski definition) is 7. The number of ether oxygens (including phenoxy) is 1. The summed E-state index contributed by atoms with van der Waals surface area (Å²) in [7, 11) is 0. The number of cyclic esters (lactones) is 1. The first-order chi connectivity index (χ1) is 16.6. The van der Waals surface area contributed by atoms with Gasteiger partial charge in [0.1, 0.15) is 18.6 Å². The number of carbonyl (C=O) groups is 2. The van der Waals surface area contributed by atoms with E-state index < -0.39 is 12.3 Å². The molecule has 6 heterocycles. The van der Waals surface area contributed by atoms with Gasteiger partial charge < -0.3 is 4.74 Å². The van der Waals surface area contributed by atoms with Crippen molar-refractivity contribution in [2.75, 3.05) is 36.5 Å². The first-order valence-electron chi connectivity index (χ1n) is 11.2. The van der Waals surface area contributed by atoms with E-state index in [4.69, 9.17) is 9.73 Å². The predicted molar refractivity (Wildman–Crippen MR) is 126 cm³/mol. The second-order valence-corrected chi connectivity index (χ2v) is 8.55. The molecule has 2 aromatic heterocycles. The Bertz CT molecular complexity index is 1270. The van der Waals surface area contributed by atoms with E-state index in [1.165, 1.54) is 4.90 Å². The number of anilines is 2. The maximum atomic E-state index is 13.5. The number of aliphatic imine (C=N–C) groups is 1. The number of dihydropyridines is 1. The van der Waals surface area contributed by atoms with Gasteiger partial charge in [0.25, 0.3) is 0 Å². The van der Waals surface area contributed by atoms with Crippen molar-refractivity contribution in [3.05, 3.63) is 71.8 Å². The van der Waals surface area contributed by atoms with Crippen LogP contribution in [0.25, 0.3) is 0 Å². The van der Waals surface area contributed by atoms with Crippen LogP contribution in [0.1, 0.15) is 11.3 Å². The van der Waals surface area contributed by atoms with Gasteiger partial charge in [-0.05, 0) is 37.3 Å². The number of amides is 3. The molecule has 1 N–H and O–H groups in total. The van der Waals surface area contributed by atoms with E-state index in [9.17, 15) is 9.59 Å². The number of urea groups is 1. The summed E-state index contributed by atoms with van der Waals surface area (Å²) in [5.41, 5.74) is 4.25. The van der Waals surface area contributed by atoms with Crippen LogP contribution in [0.15, 0.2) is 65.6 Å². The lowest BCUT2D eigenvalue weighted by Gasteiger charge is -2.43. The van der Waals surface area contributed by atoms with E-state index >= 15 is 0 Å². The van der Waals surface area contributed by atoms with Crippen LogP contribution in [0.5, 0.6) is 0 Å². The van der Waals surface area contributed by atoms with Crippen LogP contribution in [0.4, 0.5) is 21.1 Å². The number of fused-ring (bicyclic) bond motifs is 4. The van der Waals surface area contributed by atoms with Crippen LogP contribution in [0.3, 0.4) is 0 Å². The van der Waals surface area contributed by atoms with Crippen molar-refractivity contribution in [3.8, 4) is 0 Å². The molecule has 0 spiro atoms. The molecule has 0 radical (unpaired) electrons. The zero-order valence-corrected chi connectivity index (χ0v) is 18.6. The average molecular weight is 457 g/mol. The van der Waals surface area contributed by atoms with E-state index in [-0.39, 0.29) is 12.1 Å². The molecule has 2 saturated heterocycles. The Hall–Kier alpha value is -4.05. The molecule has 2 fully saturated rings. The topological polar surface area (TPSA) is 103 Å². The molecule has 2 bridgehead atoms. The molecule has 3 unspecified atom stereocenters. The van der Waals surface area contributed by atoms with Crippen molar-refractivity contribution in [2.45, 2.75) is 19.1 Å². The number of pyridine rings is 2. The summed E-state index contributed by atoms with van der Waals surface area (Å²) in [6.07, 6.45) is 8.75. The van der Waals surface area contributed by atoms with Gasteiger partial charge >= 0.3 is 12.1 Å². The summed E-state index contributed by atoms with van der Waals surface area (Å²) in [5.74, 6) is 0.361. The van der Waals surface area contributed by atoms with E-state index in [1.54, 1.807) is 29.4 Å². The van der Waals surface area contributed by atoms with Gasteiger partial charge in [-0.1, -0.05) is 6.08 Å². The SMILES string of the molecule is Cc1cc(C2=NC3C(C=C2)N2CC=C(C2)N3C(=O)Nc2cc(N3CCOC3=O)ccn2)ccn1. The van der Waals surface area contributed by atoms with E-state index in [1.807, 2.05) is 25.1 Å². The maximum Gasteiger partial charge on any atom is 0.414 e. The number of aromatic nitrogens is 2. The number of allylic oxidation sites excluding steroid dienone is 1. The monoisotopic (exact) mass is 457 g/mol. The fourth-order valence-corrected chi connectivity index (χ4v) is 4.78. The van der Waals surface area contributed by atoms with Crippen molar-refractivity contribution >= 4 is 29.3 Å². The minimum Gasteiger partial charge on any atom is -0.447 e. The lowest BCUT2D eigenvalue weighted by Crippen LogP contribution is -2.57. The molecule has 2 aromatic rings. The van der Waals surface area contributed by atoms with Crippen LogP contribution in [0.2, 0.25) is 0 Å². The highest BCUT2D eigenvalue weighted by molar-refractivity contribution is 6.09. The maximum absolute atomic E-state index is 13.5. The fourth-order valence-electron chi connectivity index (χ4n) is 4.78. The van der Waals surface area contributed by atoms with Gasteiger partial charge in [0, 0.05) is 48.5 Å². The normalized spacial score (nSPS) is 25.0. The first kappa shape index (κ1) is 20.5. The standard InChI is InChI=1S/C24H23N7O3/c1-15-12-16(4-7-25-15)19-2-3-20-22(27-19)31(18-6-9-29(20)14-18)23(32)28-21-13-17(5-8-26-21)30-10-11-34-24(30)33/h2-8,12-13,20,22H,9-11,14H2,1H3,(H,26,28,32). The summed E-state index contributed by atoms with van der Waals surface area (Å²) < 4.78 is 5.02. The largest absolute Gasteiger partial charge is 0.447 e. The minimum absolute atomic E-state index is 0.0152. The van der Waals surface area contributed by atoms with Crippen molar-refractivity contribution in [1.29, 1.82) is 0 Å². The molecule has 4 aliphatic rings. The molecule has 4 aliphatic heterocycles. The third kappa shape index (κ3) is 3.52. The van der Waals surface area contributed by atoms with Gasteiger partial charge in [0.05, 0.1) is 24.0 Å². The predicted octanol–water partition coefficient (Wildman–Crippen LogP) is 2.54. The van der Waals surface area contributed by atoms with Crippen LogP contribution in [0, 0.1) is 6.92 Å². The lowest BCUT2D eigenvalue weighted by molar-refractivity contribution is 0.126. The Morgan fingerprint density at radius 1 is 1.21 bits per heavy atom. The average Bonchev–Trinajstić information content (AvgIpc) is 3.46. The van der Waals surface area contributed by atoms with Crippen molar-refractivity contribution in [1.82, 2.24) is 19.8 Å². The fraction of sp³-hybridized carbons (Fsp3) is 0.292. The summed E-state index contributed by atoms with van der Waals surface area (Å²) in [6, 6.07) is 6.99. The van der Waals surface area contributed by atoms with Crippen molar-refractivity contribution in [3.63, 3.8) is 0 Å². The van der Waals surface area contributed by atoms with Gasteiger partial charge in [-0.25, -0.2) is 14.6 Å². The van der Waals surface area contributed by atoms with Gasteiger partial charge in [-0.3, -0.25) is 30.0 Å². The Morgan fingerprint density at radius 3 is 2.91 bits per heavy atom.